The molecule has 112 valence electrons. The van der Waals surface area contributed by atoms with Crippen LogP contribution in [0.4, 0.5) is 0 Å². The molecule has 2 rings (SSSR count). The normalized spacial score (nSPS) is 23.1. The van der Waals surface area contributed by atoms with Crippen molar-refractivity contribution in [2.75, 3.05) is 13.2 Å². The van der Waals surface area contributed by atoms with Crippen LogP contribution in [0.1, 0.15) is 29.7 Å². The summed E-state index contributed by atoms with van der Waals surface area (Å²) in [6.45, 7) is 4.21. The number of nitrogens with one attached hydrogen (secondary N) is 1. The summed E-state index contributed by atoms with van der Waals surface area (Å²) in [5.74, 6) is -1.51. The minimum Gasteiger partial charge on any atom is -0.475 e. The number of carboxylic acid groups (broad SMARTS) is 1. The lowest BCUT2D eigenvalue weighted by Crippen LogP contribution is -2.32. The number of carbonyl (C=O) groups is 1. The summed E-state index contributed by atoms with van der Waals surface area (Å²) in [5.41, 5.74) is 0. The van der Waals surface area contributed by atoms with Crippen LogP contribution >= 0.6 is 0 Å². The third kappa shape index (κ3) is 3.02. The molecule has 1 saturated heterocycles. The number of ether oxygens (including phenoxy) is 1. The molecule has 0 saturated carbocycles. The Bertz CT molecular complexity index is 605. The minimum atomic E-state index is -3.78. The summed E-state index contributed by atoms with van der Waals surface area (Å²) in [5, 5.41) is 8.80. The number of furan rings is 1. The van der Waals surface area contributed by atoms with Crippen molar-refractivity contribution in [2.45, 2.75) is 31.3 Å². The topological polar surface area (TPSA) is 106 Å². The highest BCUT2D eigenvalue weighted by Crippen LogP contribution is 2.22. The smallest absolute Gasteiger partial charge is 0.371 e. The summed E-state index contributed by atoms with van der Waals surface area (Å²) in [7, 11) is -3.78. The fourth-order valence-electron chi connectivity index (χ4n) is 2.18. The molecular formula is C12H17NO6S. The van der Waals surface area contributed by atoms with Crippen molar-refractivity contribution in [3.63, 3.8) is 0 Å². The van der Waals surface area contributed by atoms with Gasteiger partial charge in [-0.1, -0.05) is 0 Å². The van der Waals surface area contributed by atoms with Gasteiger partial charge in [0.05, 0.1) is 6.10 Å². The van der Waals surface area contributed by atoms with Crippen molar-refractivity contribution < 1.29 is 27.5 Å². The molecule has 7 nitrogen and oxygen atoms in total. The van der Waals surface area contributed by atoms with E-state index < -0.39 is 16.0 Å². The molecule has 0 amide bonds. The van der Waals surface area contributed by atoms with E-state index in [9.17, 15) is 13.2 Å². The highest BCUT2D eigenvalue weighted by Gasteiger charge is 2.28. The van der Waals surface area contributed by atoms with Gasteiger partial charge in [0, 0.05) is 25.1 Å². The number of carboxylic acids is 1. The van der Waals surface area contributed by atoms with Crippen LogP contribution in [0, 0.1) is 12.8 Å². The van der Waals surface area contributed by atoms with E-state index in [4.69, 9.17) is 14.3 Å². The Labute approximate surface area is 117 Å². The van der Waals surface area contributed by atoms with Crippen LogP contribution in [-0.4, -0.2) is 38.7 Å². The van der Waals surface area contributed by atoms with Gasteiger partial charge in [-0.05, 0) is 20.3 Å². The van der Waals surface area contributed by atoms with E-state index in [1.54, 1.807) is 0 Å². The number of hydrogen-bond donors (Lipinski definition) is 2. The average molecular weight is 303 g/mol. The highest BCUT2D eigenvalue weighted by atomic mass is 32.2. The van der Waals surface area contributed by atoms with Crippen LogP contribution in [0.2, 0.25) is 0 Å². The lowest BCUT2D eigenvalue weighted by molar-refractivity contribution is 0.0661. The Balaban J connectivity index is 2.12. The number of aromatic carboxylic acids is 1. The molecular weight excluding hydrogens is 286 g/mol. The molecule has 0 spiro atoms. The predicted octanol–water partition coefficient (Wildman–Crippen LogP) is 0.990. The summed E-state index contributed by atoms with van der Waals surface area (Å²) in [6.07, 6.45) is 0.812. The molecule has 2 unspecified atom stereocenters. The number of hydrogen-bond acceptors (Lipinski definition) is 5. The van der Waals surface area contributed by atoms with Gasteiger partial charge in [0.15, 0.2) is 0 Å². The van der Waals surface area contributed by atoms with Crippen molar-refractivity contribution in [3.8, 4) is 0 Å². The van der Waals surface area contributed by atoms with Crippen LogP contribution in [0.3, 0.4) is 0 Å². The van der Waals surface area contributed by atoms with Gasteiger partial charge in [0.2, 0.25) is 15.8 Å². The molecule has 0 aliphatic carbocycles. The van der Waals surface area contributed by atoms with E-state index in [0.717, 1.165) is 12.5 Å². The second-order valence-corrected chi connectivity index (χ2v) is 6.55. The fourth-order valence-corrected chi connectivity index (χ4v) is 3.45. The standard InChI is InChI=1S/C12H17NO6S/c1-7-9(3-4-18-7)6-13-20(16,17)11-5-10(12(14)15)19-8(11)2/h5,7,9,13H,3-4,6H2,1-2H3,(H,14,15). The third-order valence-corrected chi connectivity index (χ3v) is 4.97. The summed E-state index contributed by atoms with van der Waals surface area (Å²) >= 11 is 0. The largest absolute Gasteiger partial charge is 0.475 e. The first-order chi connectivity index (χ1) is 9.31. The predicted molar refractivity (Wildman–Crippen MR) is 69.1 cm³/mol. The van der Waals surface area contributed by atoms with E-state index in [0.29, 0.717) is 6.61 Å². The molecule has 1 aliphatic rings. The molecule has 2 heterocycles. The van der Waals surface area contributed by atoms with Crippen LogP contribution in [0.15, 0.2) is 15.4 Å². The van der Waals surface area contributed by atoms with Crippen LogP contribution < -0.4 is 4.72 Å². The van der Waals surface area contributed by atoms with Crippen molar-refractivity contribution in [1.29, 1.82) is 0 Å². The average Bonchev–Trinajstić information content (AvgIpc) is 2.93. The Morgan fingerprint density at radius 2 is 2.25 bits per heavy atom. The number of rotatable bonds is 5. The lowest BCUT2D eigenvalue weighted by atomic mass is 10.0. The fraction of sp³-hybridized carbons (Fsp3) is 0.583. The molecule has 2 N–H and O–H groups in total. The maximum absolute atomic E-state index is 12.1. The van der Waals surface area contributed by atoms with Crippen LogP contribution in [-0.2, 0) is 14.8 Å². The Morgan fingerprint density at radius 3 is 2.75 bits per heavy atom. The zero-order valence-corrected chi connectivity index (χ0v) is 12.1. The van der Waals surface area contributed by atoms with E-state index in [2.05, 4.69) is 4.72 Å². The van der Waals surface area contributed by atoms with Gasteiger partial charge in [-0.15, -0.1) is 0 Å². The number of aryl methyl sites for hydroxylation is 1. The first-order valence-electron chi connectivity index (χ1n) is 6.26. The first kappa shape index (κ1) is 15.0. The van der Waals surface area contributed by atoms with Crippen molar-refractivity contribution in [2.24, 2.45) is 5.92 Å². The number of sulfonamides is 1. The molecule has 0 aromatic carbocycles. The molecule has 2 atom stereocenters. The third-order valence-electron chi connectivity index (χ3n) is 3.44. The van der Waals surface area contributed by atoms with Gasteiger partial charge in [-0.25, -0.2) is 17.9 Å². The molecule has 1 aromatic rings. The first-order valence-corrected chi connectivity index (χ1v) is 7.74. The molecule has 8 heteroatoms. The molecule has 1 aliphatic heterocycles. The molecule has 20 heavy (non-hydrogen) atoms. The minimum absolute atomic E-state index is 0.0118. The lowest BCUT2D eigenvalue weighted by Gasteiger charge is -2.14. The Hall–Kier alpha value is -1.38. The van der Waals surface area contributed by atoms with E-state index in [1.165, 1.54) is 6.92 Å². The molecule has 1 fully saturated rings. The van der Waals surface area contributed by atoms with Crippen LogP contribution in [0.25, 0.3) is 0 Å². The molecule has 0 radical (unpaired) electrons. The Morgan fingerprint density at radius 1 is 1.55 bits per heavy atom. The van der Waals surface area contributed by atoms with Gasteiger partial charge in [-0.2, -0.15) is 0 Å². The van der Waals surface area contributed by atoms with E-state index in [-0.39, 0.29) is 35.0 Å². The monoisotopic (exact) mass is 303 g/mol. The SMILES string of the molecule is Cc1oc(C(=O)O)cc1S(=O)(=O)NCC1CCOC1C. The second kappa shape index (κ2) is 5.55. The van der Waals surface area contributed by atoms with Crippen molar-refractivity contribution >= 4 is 16.0 Å². The molecule has 1 aromatic heterocycles. The van der Waals surface area contributed by atoms with Gasteiger partial charge in [0.1, 0.15) is 10.7 Å². The quantitative estimate of drug-likeness (QED) is 0.840. The summed E-state index contributed by atoms with van der Waals surface area (Å²) < 4.78 is 37.1. The Kier molecular flexibility index (Phi) is 4.17. The van der Waals surface area contributed by atoms with Crippen molar-refractivity contribution in [3.05, 3.63) is 17.6 Å². The zero-order valence-electron chi connectivity index (χ0n) is 11.3. The second-order valence-electron chi connectivity index (χ2n) is 4.81. The summed E-state index contributed by atoms with van der Waals surface area (Å²) in [4.78, 5) is 10.6. The van der Waals surface area contributed by atoms with Gasteiger partial charge < -0.3 is 14.3 Å². The maximum atomic E-state index is 12.1. The van der Waals surface area contributed by atoms with Gasteiger partial charge in [-0.3, -0.25) is 0 Å². The highest BCUT2D eigenvalue weighted by molar-refractivity contribution is 7.89. The van der Waals surface area contributed by atoms with Gasteiger partial charge >= 0.3 is 5.97 Å². The van der Waals surface area contributed by atoms with E-state index in [1.807, 2.05) is 6.92 Å². The maximum Gasteiger partial charge on any atom is 0.371 e. The van der Waals surface area contributed by atoms with E-state index >= 15 is 0 Å². The van der Waals surface area contributed by atoms with Crippen LogP contribution in [0.5, 0.6) is 0 Å². The summed E-state index contributed by atoms with van der Waals surface area (Å²) in [6, 6.07) is 1.02. The van der Waals surface area contributed by atoms with Crippen molar-refractivity contribution in [1.82, 2.24) is 4.72 Å². The molecule has 0 bridgehead atoms. The zero-order chi connectivity index (χ0) is 14.9. The van der Waals surface area contributed by atoms with Gasteiger partial charge in [0.25, 0.3) is 0 Å².